The minimum atomic E-state index is -4.42. The van der Waals surface area contributed by atoms with Crippen LogP contribution in [-0.2, 0) is 11.0 Å². The molecule has 0 spiro atoms. The molecule has 1 aliphatic rings. The number of amides is 2. The largest absolute Gasteiger partial charge is 0.486 e. The average Bonchev–Trinajstić information content (AvgIpc) is 2.69. The van der Waals surface area contributed by atoms with E-state index in [0.717, 1.165) is 18.2 Å². The monoisotopic (exact) mass is 392 g/mol. The van der Waals surface area contributed by atoms with Crippen molar-refractivity contribution in [3.8, 4) is 11.5 Å². The third-order valence-corrected chi connectivity index (χ3v) is 3.77. The van der Waals surface area contributed by atoms with Gasteiger partial charge < -0.3 is 9.47 Å². The Morgan fingerprint density at radius 1 is 0.929 bits per heavy atom. The Labute approximate surface area is 157 Å². The lowest BCUT2D eigenvalue weighted by Gasteiger charge is -2.18. The summed E-state index contributed by atoms with van der Waals surface area (Å²) >= 11 is 0. The van der Waals surface area contributed by atoms with E-state index in [1.807, 2.05) is 0 Å². The van der Waals surface area contributed by atoms with Crippen LogP contribution in [0, 0.1) is 0 Å². The van der Waals surface area contributed by atoms with Gasteiger partial charge in [-0.15, -0.1) is 0 Å². The van der Waals surface area contributed by atoms with Gasteiger partial charge in [-0.25, -0.2) is 0 Å². The van der Waals surface area contributed by atoms with Crippen LogP contribution in [-0.4, -0.2) is 25.0 Å². The predicted octanol–water partition coefficient (Wildman–Crippen LogP) is 2.95. The van der Waals surface area contributed by atoms with Crippen LogP contribution in [0.2, 0.25) is 0 Å². The summed E-state index contributed by atoms with van der Waals surface area (Å²) in [6.07, 6.45) is -2.00. The van der Waals surface area contributed by atoms with Crippen LogP contribution in [0.3, 0.4) is 0 Å². The molecule has 9 heteroatoms. The first kappa shape index (κ1) is 19.3. The number of rotatable bonds is 3. The Morgan fingerprint density at radius 2 is 1.61 bits per heavy atom. The fourth-order valence-electron chi connectivity index (χ4n) is 2.37. The summed E-state index contributed by atoms with van der Waals surface area (Å²) in [6.45, 7) is 0.809. The summed E-state index contributed by atoms with van der Waals surface area (Å²) < 4.78 is 48.3. The number of carbonyl (C=O) groups excluding carboxylic acids is 2. The zero-order valence-electron chi connectivity index (χ0n) is 14.4. The normalized spacial score (nSPS) is 13.2. The van der Waals surface area contributed by atoms with Gasteiger partial charge in [0.15, 0.2) is 11.5 Å². The van der Waals surface area contributed by atoms with E-state index >= 15 is 0 Å². The summed E-state index contributed by atoms with van der Waals surface area (Å²) in [6, 6.07) is 8.92. The summed E-state index contributed by atoms with van der Waals surface area (Å²) in [7, 11) is 0. The van der Waals surface area contributed by atoms with E-state index in [4.69, 9.17) is 9.47 Å². The third-order valence-electron chi connectivity index (χ3n) is 3.77. The second-order valence-corrected chi connectivity index (χ2v) is 5.75. The van der Waals surface area contributed by atoms with Crippen molar-refractivity contribution in [3.63, 3.8) is 0 Å². The van der Waals surface area contributed by atoms with E-state index < -0.39 is 23.6 Å². The van der Waals surface area contributed by atoms with Crippen molar-refractivity contribution >= 4 is 17.9 Å². The molecule has 2 amide bonds. The fourth-order valence-corrected chi connectivity index (χ4v) is 2.37. The molecule has 1 heterocycles. The van der Waals surface area contributed by atoms with Gasteiger partial charge >= 0.3 is 6.18 Å². The van der Waals surface area contributed by atoms with Crippen LogP contribution in [0.5, 0.6) is 11.5 Å². The van der Waals surface area contributed by atoms with Gasteiger partial charge in [0.05, 0.1) is 5.56 Å². The SMILES string of the molecule is O=C(/C=C/c1ccc(C(F)(F)F)cc1)NNC(=O)c1ccc2c(c1)OCCO2. The fraction of sp³-hybridized carbons (Fsp3) is 0.158. The minimum absolute atomic E-state index is 0.260. The highest BCUT2D eigenvalue weighted by Gasteiger charge is 2.29. The molecule has 1 aliphatic heterocycles. The maximum Gasteiger partial charge on any atom is 0.416 e. The highest BCUT2D eigenvalue weighted by molar-refractivity contribution is 5.98. The lowest BCUT2D eigenvalue weighted by atomic mass is 10.1. The Morgan fingerprint density at radius 3 is 2.29 bits per heavy atom. The van der Waals surface area contributed by atoms with Crippen LogP contribution in [0.1, 0.15) is 21.5 Å². The second-order valence-electron chi connectivity index (χ2n) is 5.75. The first-order chi connectivity index (χ1) is 13.3. The molecule has 2 aromatic carbocycles. The van der Waals surface area contributed by atoms with Gasteiger partial charge in [0, 0.05) is 11.6 Å². The molecule has 0 aromatic heterocycles. The van der Waals surface area contributed by atoms with Crippen LogP contribution < -0.4 is 20.3 Å². The molecule has 0 saturated heterocycles. The highest BCUT2D eigenvalue weighted by Crippen LogP contribution is 2.31. The van der Waals surface area contributed by atoms with E-state index in [9.17, 15) is 22.8 Å². The van der Waals surface area contributed by atoms with Crippen LogP contribution in [0.25, 0.3) is 6.08 Å². The van der Waals surface area contributed by atoms with Crippen molar-refractivity contribution < 1.29 is 32.2 Å². The number of alkyl halides is 3. The van der Waals surface area contributed by atoms with Gasteiger partial charge in [-0.3, -0.25) is 20.4 Å². The van der Waals surface area contributed by atoms with Crippen molar-refractivity contribution in [2.75, 3.05) is 13.2 Å². The Bertz CT molecular complexity index is 908. The Balaban J connectivity index is 1.53. The predicted molar refractivity (Wildman–Crippen MR) is 93.5 cm³/mol. The van der Waals surface area contributed by atoms with Gasteiger partial charge in [-0.1, -0.05) is 12.1 Å². The number of hydrogen-bond donors (Lipinski definition) is 2. The lowest BCUT2D eigenvalue weighted by molar-refractivity contribution is -0.137. The van der Waals surface area contributed by atoms with Crippen molar-refractivity contribution in [3.05, 3.63) is 65.2 Å². The first-order valence-electron chi connectivity index (χ1n) is 8.18. The van der Waals surface area contributed by atoms with Gasteiger partial charge in [0.1, 0.15) is 13.2 Å². The minimum Gasteiger partial charge on any atom is -0.486 e. The molecule has 0 unspecified atom stereocenters. The Hall–Kier alpha value is -3.49. The zero-order chi connectivity index (χ0) is 20.1. The number of benzene rings is 2. The molecule has 0 atom stereocenters. The van der Waals surface area contributed by atoms with Crippen LogP contribution in [0.4, 0.5) is 13.2 Å². The van der Waals surface area contributed by atoms with Gasteiger partial charge in [-0.2, -0.15) is 13.2 Å². The standard InChI is InChI=1S/C19H15F3N2O4/c20-19(21,22)14-5-1-12(2-6-14)3-8-17(25)23-24-18(26)13-4-7-15-16(11-13)28-10-9-27-15/h1-8,11H,9-10H2,(H,23,25)(H,24,26)/b8-3+. The lowest BCUT2D eigenvalue weighted by Crippen LogP contribution is -2.40. The molecule has 0 bridgehead atoms. The maximum atomic E-state index is 12.5. The molecule has 28 heavy (non-hydrogen) atoms. The number of ether oxygens (including phenoxy) is 2. The second kappa shape index (κ2) is 8.03. The molecule has 0 fully saturated rings. The summed E-state index contributed by atoms with van der Waals surface area (Å²) in [5.41, 5.74) is 4.31. The quantitative estimate of drug-likeness (QED) is 0.622. The number of halogens is 3. The molecule has 0 radical (unpaired) electrons. The van der Waals surface area contributed by atoms with Gasteiger partial charge in [-0.05, 0) is 42.0 Å². The zero-order valence-corrected chi connectivity index (χ0v) is 14.4. The third kappa shape index (κ3) is 4.81. The molecule has 6 nitrogen and oxygen atoms in total. The van der Waals surface area contributed by atoms with Crippen molar-refractivity contribution in [2.24, 2.45) is 0 Å². The van der Waals surface area contributed by atoms with Gasteiger partial charge in [0.2, 0.25) is 0 Å². The van der Waals surface area contributed by atoms with Crippen LogP contribution in [0.15, 0.2) is 48.5 Å². The van der Waals surface area contributed by atoms with E-state index in [-0.39, 0.29) is 5.56 Å². The number of hydrogen-bond acceptors (Lipinski definition) is 4. The number of nitrogens with one attached hydrogen (secondary N) is 2. The molecule has 146 valence electrons. The summed E-state index contributed by atoms with van der Waals surface area (Å²) in [4.78, 5) is 23.9. The van der Waals surface area contributed by atoms with Crippen LogP contribution >= 0.6 is 0 Å². The first-order valence-corrected chi connectivity index (χ1v) is 8.18. The van der Waals surface area contributed by atoms with E-state index in [2.05, 4.69) is 10.9 Å². The maximum absolute atomic E-state index is 12.5. The average molecular weight is 392 g/mol. The van der Waals surface area contributed by atoms with Gasteiger partial charge in [0.25, 0.3) is 11.8 Å². The summed E-state index contributed by atoms with van der Waals surface area (Å²) in [5.74, 6) is -0.238. The molecule has 3 rings (SSSR count). The summed E-state index contributed by atoms with van der Waals surface area (Å²) in [5, 5.41) is 0. The van der Waals surface area contributed by atoms with E-state index in [1.54, 1.807) is 6.07 Å². The molecular formula is C19H15F3N2O4. The van der Waals surface area contributed by atoms with Crippen molar-refractivity contribution in [2.45, 2.75) is 6.18 Å². The Kier molecular flexibility index (Phi) is 5.53. The number of hydrazine groups is 1. The van der Waals surface area contributed by atoms with E-state index in [1.165, 1.54) is 30.3 Å². The van der Waals surface area contributed by atoms with E-state index in [0.29, 0.717) is 30.3 Å². The molecule has 2 N–H and O–H groups in total. The van der Waals surface area contributed by atoms with Crippen molar-refractivity contribution in [1.82, 2.24) is 10.9 Å². The number of carbonyl (C=O) groups is 2. The van der Waals surface area contributed by atoms with Crippen molar-refractivity contribution in [1.29, 1.82) is 0 Å². The molecule has 0 aliphatic carbocycles. The smallest absolute Gasteiger partial charge is 0.416 e. The highest BCUT2D eigenvalue weighted by atomic mass is 19.4. The topological polar surface area (TPSA) is 76.7 Å². The molecule has 2 aromatic rings. The molecular weight excluding hydrogens is 377 g/mol. The number of fused-ring (bicyclic) bond motifs is 1. The molecule has 0 saturated carbocycles.